The molecule has 1 N–H and O–H groups in total. The number of sulfonamides is 1. The lowest BCUT2D eigenvalue weighted by Crippen LogP contribution is -2.26. The molecule has 1 aromatic carbocycles. The lowest BCUT2D eigenvalue weighted by Gasteiger charge is -2.19. The number of hydrogen-bond donors (Lipinski definition) is 1. The lowest BCUT2D eigenvalue weighted by molar-refractivity contribution is 0.594. The van der Waals surface area contributed by atoms with Gasteiger partial charge in [0, 0.05) is 31.7 Å². The summed E-state index contributed by atoms with van der Waals surface area (Å²) in [5, 5.41) is 3.22. The second-order valence-electron chi connectivity index (χ2n) is 4.67. The third kappa shape index (κ3) is 2.12. The van der Waals surface area contributed by atoms with Crippen molar-refractivity contribution in [2.75, 3.05) is 23.2 Å². The van der Waals surface area contributed by atoms with Crippen molar-refractivity contribution in [1.29, 1.82) is 0 Å². The molecule has 2 heterocycles. The van der Waals surface area contributed by atoms with E-state index in [1.165, 1.54) is 4.31 Å². The third-order valence-electron chi connectivity index (χ3n) is 3.47. The van der Waals surface area contributed by atoms with Crippen molar-refractivity contribution < 1.29 is 8.42 Å². The molecular weight excluding hydrogens is 274 g/mol. The summed E-state index contributed by atoms with van der Waals surface area (Å²) in [4.78, 5) is 4.22. The van der Waals surface area contributed by atoms with Crippen LogP contribution in [0.3, 0.4) is 0 Å². The van der Waals surface area contributed by atoms with Gasteiger partial charge >= 0.3 is 0 Å². The maximum absolute atomic E-state index is 12.6. The van der Waals surface area contributed by atoms with E-state index in [-0.39, 0.29) is 0 Å². The van der Waals surface area contributed by atoms with Gasteiger partial charge in [-0.05, 0) is 42.3 Å². The molecule has 1 aromatic heterocycles. The van der Waals surface area contributed by atoms with Gasteiger partial charge in [0.05, 0.1) is 10.6 Å². The summed E-state index contributed by atoms with van der Waals surface area (Å²) in [6, 6.07) is 8.57. The quantitative estimate of drug-likeness (QED) is 0.937. The van der Waals surface area contributed by atoms with Gasteiger partial charge in [-0.2, -0.15) is 0 Å². The van der Waals surface area contributed by atoms with Crippen LogP contribution >= 0.6 is 0 Å². The molecule has 0 fully saturated rings. The minimum atomic E-state index is -3.54. The average molecular weight is 289 g/mol. The lowest BCUT2D eigenvalue weighted by atomic mass is 10.2. The zero-order valence-corrected chi connectivity index (χ0v) is 11.9. The predicted octanol–water partition coefficient (Wildman–Crippen LogP) is 1.87. The molecule has 1 aliphatic heterocycles. The molecule has 0 radical (unpaired) electrons. The highest BCUT2D eigenvalue weighted by atomic mass is 32.2. The Kier molecular flexibility index (Phi) is 3.10. The number of rotatable bonds is 3. The molecule has 0 spiro atoms. The van der Waals surface area contributed by atoms with Crippen LogP contribution in [0.2, 0.25) is 0 Å². The number of nitrogens with zero attached hydrogens (tertiary/aromatic N) is 2. The zero-order valence-electron chi connectivity index (χ0n) is 11.1. The van der Waals surface area contributed by atoms with Crippen molar-refractivity contribution in [1.82, 2.24) is 4.98 Å². The second kappa shape index (κ2) is 4.79. The van der Waals surface area contributed by atoms with Crippen LogP contribution in [-0.2, 0) is 16.4 Å². The number of aromatic nitrogens is 1. The summed E-state index contributed by atoms with van der Waals surface area (Å²) in [7, 11) is -1.98. The average Bonchev–Trinajstić information content (AvgIpc) is 2.94. The van der Waals surface area contributed by atoms with E-state index in [4.69, 9.17) is 0 Å². The number of benzene rings is 1. The van der Waals surface area contributed by atoms with Gasteiger partial charge in [0.25, 0.3) is 10.0 Å². The van der Waals surface area contributed by atoms with Crippen LogP contribution < -0.4 is 9.62 Å². The highest BCUT2D eigenvalue weighted by Crippen LogP contribution is 2.27. The fourth-order valence-corrected chi connectivity index (χ4v) is 3.54. The largest absolute Gasteiger partial charge is 0.384 e. The van der Waals surface area contributed by atoms with Crippen molar-refractivity contribution in [3.63, 3.8) is 0 Å². The molecular formula is C14H15N3O2S. The fraction of sp³-hybridized carbons (Fsp3) is 0.214. The van der Waals surface area contributed by atoms with Gasteiger partial charge in [0.2, 0.25) is 0 Å². The SMILES string of the molecule is CN(c1ccncc1)S(=O)(=O)c1ccc2c(c1)CCN2. The Hall–Kier alpha value is -2.08. The summed E-state index contributed by atoms with van der Waals surface area (Å²) < 4.78 is 26.5. The van der Waals surface area contributed by atoms with E-state index in [9.17, 15) is 8.42 Å². The first-order valence-corrected chi connectivity index (χ1v) is 7.79. The first-order valence-electron chi connectivity index (χ1n) is 6.35. The summed E-state index contributed by atoms with van der Waals surface area (Å²) in [5.74, 6) is 0. The van der Waals surface area contributed by atoms with Crippen LogP contribution in [0.5, 0.6) is 0 Å². The molecule has 6 heteroatoms. The van der Waals surface area contributed by atoms with E-state index in [0.717, 1.165) is 24.2 Å². The normalized spacial score (nSPS) is 13.7. The highest BCUT2D eigenvalue weighted by molar-refractivity contribution is 7.92. The van der Waals surface area contributed by atoms with Crippen LogP contribution in [0.4, 0.5) is 11.4 Å². The Bertz CT molecular complexity index is 729. The third-order valence-corrected chi connectivity index (χ3v) is 5.25. The number of anilines is 2. The molecule has 0 unspecified atom stereocenters. The first-order chi connectivity index (χ1) is 9.59. The maximum atomic E-state index is 12.6. The molecule has 0 saturated carbocycles. The molecule has 1 aliphatic rings. The molecule has 20 heavy (non-hydrogen) atoms. The molecule has 2 aromatic rings. The molecule has 0 bridgehead atoms. The van der Waals surface area contributed by atoms with E-state index in [2.05, 4.69) is 10.3 Å². The van der Waals surface area contributed by atoms with Crippen LogP contribution in [0.25, 0.3) is 0 Å². The van der Waals surface area contributed by atoms with Crippen LogP contribution in [0.15, 0.2) is 47.6 Å². The number of pyridine rings is 1. The highest BCUT2D eigenvalue weighted by Gasteiger charge is 2.23. The van der Waals surface area contributed by atoms with Gasteiger partial charge in [-0.25, -0.2) is 8.42 Å². The number of hydrogen-bond acceptors (Lipinski definition) is 4. The summed E-state index contributed by atoms with van der Waals surface area (Å²) in [6.45, 7) is 0.860. The predicted molar refractivity (Wildman–Crippen MR) is 78.5 cm³/mol. The van der Waals surface area contributed by atoms with E-state index in [0.29, 0.717) is 10.6 Å². The Balaban J connectivity index is 2.00. The van der Waals surface area contributed by atoms with Gasteiger partial charge < -0.3 is 5.32 Å². The molecule has 0 aliphatic carbocycles. The van der Waals surface area contributed by atoms with Gasteiger partial charge in [-0.1, -0.05) is 0 Å². The Morgan fingerprint density at radius 3 is 2.70 bits per heavy atom. The van der Waals surface area contributed by atoms with Gasteiger partial charge in [-0.3, -0.25) is 9.29 Å². The van der Waals surface area contributed by atoms with Crippen molar-refractivity contribution >= 4 is 21.4 Å². The molecule has 5 nitrogen and oxygen atoms in total. The Morgan fingerprint density at radius 2 is 1.95 bits per heavy atom. The second-order valence-corrected chi connectivity index (χ2v) is 6.64. The zero-order chi connectivity index (χ0) is 14.2. The number of nitrogens with one attached hydrogen (secondary N) is 1. The molecule has 104 valence electrons. The van der Waals surface area contributed by atoms with Crippen LogP contribution in [-0.4, -0.2) is 27.0 Å². The fourth-order valence-electron chi connectivity index (χ4n) is 2.29. The smallest absolute Gasteiger partial charge is 0.264 e. The maximum Gasteiger partial charge on any atom is 0.264 e. The number of fused-ring (bicyclic) bond motifs is 1. The van der Waals surface area contributed by atoms with Crippen molar-refractivity contribution in [3.05, 3.63) is 48.3 Å². The van der Waals surface area contributed by atoms with Crippen molar-refractivity contribution in [2.24, 2.45) is 0 Å². The monoisotopic (exact) mass is 289 g/mol. The minimum absolute atomic E-state index is 0.319. The topological polar surface area (TPSA) is 62.3 Å². The van der Waals surface area contributed by atoms with E-state index in [1.54, 1.807) is 43.7 Å². The van der Waals surface area contributed by atoms with Gasteiger partial charge in [-0.15, -0.1) is 0 Å². The van der Waals surface area contributed by atoms with Crippen molar-refractivity contribution in [2.45, 2.75) is 11.3 Å². The molecule has 3 rings (SSSR count). The summed E-state index contributed by atoms with van der Waals surface area (Å²) in [5.41, 5.74) is 2.67. The Labute approximate surface area is 118 Å². The van der Waals surface area contributed by atoms with Crippen molar-refractivity contribution in [3.8, 4) is 0 Å². The molecule has 0 atom stereocenters. The first kappa shape index (κ1) is 12.9. The van der Waals surface area contributed by atoms with Crippen LogP contribution in [0.1, 0.15) is 5.56 Å². The summed E-state index contributed by atoms with van der Waals surface area (Å²) in [6.07, 6.45) is 4.01. The van der Waals surface area contributed by atoms with E-state index in [1.807, 2.05) is 6.07 Å². The summed E-state index contributed by atoms with van der Waals surface area (Å²) >= 11 is 0. The van der Waals surface area contributed by atoms with Gasteiger partial charge in [0.15, 0.2) is 0 Å². The molecule has 0 amide bonds. The van der Waals surface area contributed by atoms with Crippen LogP contribution in [0, 0.1) is 0 Å². The van der Waals surface area contributed by atoms with E-state index < -0.39 is 10.0 Å². The van der Waals surface area contributed by atoms with E-state index >= 15 is 0 Å². The molecule has 0 saturated heterocycles. The Morgan fingerprint density at radius 1 is 1.20 bits per heavy atom. The van der Waals surface area contributed by atoms with Gasteiger partial charge in [0.1, 0.15) is 0 Å². The minimum Gasteiger partial charge on any atom is -0.384 e. The standard InChI is InChI=1S/C14H15N3O2S/c1-17(12-5-7-15-8-6-12)20(18,19)13-2-3-14-11(10-13)4-9-16-14/h2-3,5-8,10,16H,4,9H2,1H3.